The Bertz CT molecular complexity index is 1350. The number of hydrogen-bond acceptors (Lipinski definition) is 7. The Morgan fingerprint density at radius 2 is 1.88 bits per heavy atom. The maximum Gasteiger partial charge on any atom is 0.260 e. The second kappa shape index (κ2) is 9.18. The molecule has 0 aliphatic carbocycles. The van der Waals surface area contributed by atoms with Gasteiger partial charge in [-0.2, -0.15) is 0 Å². The van der Waals surface area contributed by atoms with Crippen molar-refractivity contribution in [2.45, 2.75) is 12.6 Å². The molecule has 172 valence electrons. The van der Waals surface area contributed by atoms with Crippen LogP contribution >= 0.6 is 0 Å². The first kappa shape index (κ1) is 21.4. The summed E-state index contributed by atoms with van der Waals surface area (Å²) >= 11 is 0. The monoisotopic (exact) mass is 458 g/mol. The lowest BCUT2D eigenvalue weighted by Gasteiger charge is -2.39. The predicted molar refractivity (Wildman–Crippen MR) is 122 cm³/mol. The highest BCUT2D eigenvalue weighted by Crippen LogP contribution is 2.26. The van der Waals surface area contributed by atoms with Crippen molar-refractivity contribution in [2.24, 2.45) is 0 Å². The number of carbonyl (C=O) groups excluding carboxylic acids is 1. The van der Waals surface area contributed by atoms with Crippen LogP contribution in [-0.2, 0) is 6.61 Å². The van der Waals surface area contributed by atoms with Crippen LogP contribution in [0.1, 0.15) is 22.1 Å². The molecule has 10 nitrogen and oxygen atoms in total. The summed E-state index contributed by atoms with van der Waals surface area (Å²) in [5.41, 5.74) is 0.668. The van der Waals surface area contributed by atoms with E-state index in [1.54, 1.807) is 34.0 Å². The third-order valence-electron chi connectivity index (χ3n) is 5.57. The van der Waals surface area contributed by atoms with Gasteiger partial charge in [-0.25, -0.2) is 9.67 Å². The molecule has 0 radical (unpaired) electrons. The molecule has 0 bridgehead atoms. The van der Waals surface area contributed by atoms with Crippen molar-refractivity contribution in [2.75, 3.05) is 20.2 Å². The first-order valence-electron chi connectivity index (χ1n) is 10.7. The minimum Gasteiger partial charge on any atom is -0.496 e. The fourth-order valence-electron chi connectivity index (χ4n) is 3.71. The van der Waals surface area contributed by atoms with E-state index in [4.69, 9.17) is 9.47 Å². The van der Waals surface area contributed by atoms with E-state index in [0.29, 0.717) is 36.8 Å². The Hall–Kier alpha value is -4.47. The first-order valence-corrected chi connectivity index (χ1v) is 10.7. The molecule has 1 aliphatic heterocycles. The maximum atomic E-state index is 13.2. The van der Waals surface area contributed by atoms with Gasteiger partial charge in [-0.15, -0.1) is 5.10 Å². The SMILES string of the molecule is COc1cc(=O)n(-c2ccccn2)cc1C(=O)N1CC(n2cc(COc3ccccc3)nn2)C1. The number of pyridine rings is 2. The molecule has 1 aliphatic rings. The molecular weight excluding hydrogens is 436 g/mol. The molecule has 3 aromatic heterocycles. The van der Waals surface area contributed by atoms with Gasteiger partial charge in [0.25, 0.3) is 11.5 Å². The molecule has 34 heavy (non-hydrogen) atoms. The summed E-state index contributed by atoms with van der Waals surface area (Å²) in [6, 6.07) is 16.0. The summed E-state index contributed by atoms with van der Waals surface area (Å²) in [4.78, 5) is 31.6. The molecule has 1 fully saturated rings. The van der Waals surface area contributed by atoms with Gasteiger partial charge in [-0.3, -0.25) is 14.2 Å². The summed E-state index contributed by atoms with van der Waals surface area (Å²) in [6.07, 6.45) is 4.90. The number of ether oxygens (including phenoxy) is 2. The van der Waals surface area contributed by atoms with E-state index in [1.807, 2.05) is 36.5 Å². The van der Waals surface area contributed by atoms with Gasteiger partial charge in [0.05, 0.1) is 24.9 Å². The molecule has 5 rings (SSSR count). The number of likely N-dealkylation sites (tertiary alicyclic amines) is 1. The lowest BCUT2D eigenvalue weighted by Crippen LogP contribution is -2.51. The van der Waals surface area contributed by atoms with E-state index in [9.17, 15) is 9.59 Å². The Kier molecular flexibility index (Phi) is 5.77. The van der Waals surface area contributed by atoms with Crippen molar-refractivity contribution in [3.05, 3.63) is 94.8 Å². The molecule has 4 heterocycles. The number of rotatable bonds is 7. The molecule has 0 unspecified atom stereocenters. The fourth-order valence-corrected chi connectivity index (χ4v) is 3.71. The van der Waals surface area contributed by atoms with E-state index in [0.717, 1.165) is 5.75 Å². The summed E-state index contributed by atoms with van der Waals surface area (Å²) in [7, 11) is 1.43. The van der Waals surface area contributed by atoms with Crippen LogP contribution in [0.2, 0.25) is 0 Å². The van der Waals surface area contributed by atoms with E-state index < -0.39 is 0 Å². The second-order valence-corrected chi connectivity index (χ2v) is 7.81. The Morgan fingerprint density at radius 1 is 1.09 bits per heavy atom. The zero-order valence-electron chi connectivity index (χ0n) is 18.4. The van der Waals surface area contributed by atoms with Crippen LogP contribution in [0.4, 0.5) is 0 Å². The van der Waals surface area contributed by atoms with Crippen LogP contribution in [0, 0.1) is 0 Å². The van der Waals surface area contributed by atoms with E-state index in [-0.39, 0.29) is 23.3 Å². The lowest BCUT2D eigenvalue weighted by molar-refractivity contribution is 0.0494. The number of aromatic nitrogens is 5. The zero-order valence-corrected chi connectivity index (χ0v) is 18.4. The predicted octanol–water partition coefficient (Wildman–Crippen LogP) is 2.11. The standard InChI is InChI=1S/C24H22N6O4/c1-33-21-11-23(31)29(22-9-5-6-10-25-22)15-20(21)24(32)28-13-18(14-28)30-12-17(26-27-30)16-34-19-7-3-2-4-8-19/h2-12,15,18H,13-14,16H2,1H3. The van der Waals surface area contributed by atoms with Crippen LogP contribution in [0.15, 0.2) is 78.0 Å². The van der Waals surface area contributed by atoms with Gasteiger partial charge in [0.2, 0.25) is 0 Å². The highest BCUT2D eigenvalue weighted by Gasteiger charge is 2.35. The van der Waals surface area contributed by atoms with Crippen molar-refractivity contribution in [3.8, 4) is 17.3 Å². The lowest BCUT2D eigenvalue weighted by atomic mass is 10.1. The van der Waals surface area contributed by atoms with Crippen molar-refractivity contribution in [3.63, 3.8) is 0 Å². The third kappa shape index (κ3) is 4.25. The highest BCUT2D eigenvalue weighted by atomic mass is 16.5. The third-order valence-corrected chi connectivity index (χ3v) is 5.57. The number of para-hydroxylation sites is 1. The molecule has 0 spiro atoms. The van der Waals surface area contributed by atoms with Gasteiger partial charge in [0.15, 0.2) is 0 Å². The van der Waals surface area contributed by atoms with Gasteiger partial charge in [-0.1, -0.05) is 29.5 Å². The molecule has 4 aromatic rings. The van der Waals surface area contributed by atoms with Crippen LogP contribution in [-0.4, -0.2) is 55.6 Å². The molecule has 0 atom stereocenters. The van der Waals surface area contributed by atoms with Crippen LogP contribution in [0.3, 0.4) is 0 Å². The number of carbonyl (C=O) groups is 1. The van der Waals surface area contributed by atoms with Crippen molar-refractivity contribution in [1.82, 2.24) is 29.4 Å². The van der Waals surface area contributed by atoms with Gasteiger partial charge in [0.1, 0.15) is 29.6 Å². The highest BCUT2D eigenvalue weighted by molar-refractivity contribution is 5.97. The number of hydrogen-bond donors (Lipinski definition) is 0. The van der Waals surface area contributed by atoms with E-state index >= 15 is 0 Å². The second-order valence-electron chi connectivity index (χ2n) is 7.81. The number of methoxy groups -OCH3 is 1. The first-order chi connectivity index (χ1) is 16.6. The largest absolute Gasteiger partial charge is 0.496 e. The number of benzene rings is 1. The normalized spacial score (nSPS) is 13.4. The van der Waals surface area contributed by atoms with Crippen LogP contribution in [0.5, 0.6) is 11.5 Å². The minimum absolute atomic E-state index is 0.00890. The quantitative estimate of drug-likeness (QED) is 0.418. The molecular formula is C24H22N6O4. The number of amides is 1. The van der Waals surface area contributed by atoms with E-state index in [2.05, 4.69) is 15.3 Å². The summed E-state index contributed by atoms with van der Waals surface area (Å²) in [5, 5.41) is 8.35. The minimum atomic E-state index is -0.332. The number of nitrogens with zero attached hydrogens (tertiary/aromatic N) is 6. The Labute approximate surface area is 195 Å². The summed E-state index contributed by atoms with van der Waals surface area (Å²) < 4.78 is 14.1. The van der Waals surface area contributed by atoms with Crippen molar-refractivity contribution >= 4 is 5.91 Å². The topological polar surface area (TPSA) is 104 Å². The molecule has 1 aromatic carbocycles. The van der Waals surface area contributed by atoms with Gasteiger partial charge >= 0.3 is 0 Å². The van der Waals surface area contributed by atoms with Gasteiger partial charge in [0, 0.05) is 31.5 Å². The Morgan fingerprint density at radius 3 is 2.62 bits per heavy atom. The van der Waals surface area contributed by atoms with Crippen LogP contribution in [0.25, 0.3) is 5.82 Å². The molecule has 1 amide bonds. The smallest absolute Gasteiger partial charge is 0.260 e. The average molecular weight is 458 g/mol. The summed E-state index contributed by atoms with van der Waals surface area (Å²) in [5.74, 6) is 1.19. The molecule has 10 heteroatoms. The molecule has 0 N–H and O–H groups in total. The molecule has 1 saturated heterocycles. The van der Waals surface area contributed by atoms with Crippen molar-refractivity contribution < 1.29 is 14.3 Å². The summed E-state index contributed by atoms with van der Waals surface area (Å²) in [6.45, 7) is 1.24. The Balaban J connectivity index is 1.26. The fraction of sp³-hybridized carbons (Fsp3) is 0.208. The van der Waals surface area contributed by atoms with Crippen LogP contribution < -0.4 is 15.0 Å². The van der Waals surface area contributed by atoms with Gasteiger partial charge < -0.3 is 14.4 Å². The van der Waals surface area contributed by atoms with Crippen molar-refractivity contribution in [1.29, 1.82) is 0 Å². The van der Waals surface area contributed by atoms with Gasteiger partial charge in [-0.05, 0) is 24.3 Å². The van der Waals surface area contributed by atoms with E-state index in [1.165, 1.54) is 23.9 Å². The average Bonchev–Trinajstić information content (AvgIpc) is 3.31. The zero-order chi connectivity index (χ0) is 23.5. The molecule has 0 saturated carbocycles. The maximum absolute atomic E-state index is 13.2.